The molecule has 0 saturated heterocycles. The van der Waals surface area contributed by atoms with Crippen LogP contribution in [0.25, 0.3) is 0 Å². The SMILES string of the molecule is CCCN(CCC)C(=O)CCCC(=O)NCCc1ccc(Cl)cc1. The Labute approximate surface area is 150 Å². The first-order valence-electron chi connectivity index (χ1n) is 8.85. The van der Waals surface area contributed by atoms with Gasteiger partial charge in [0.1, 0.15) is 0 Å². The number of nitrogens with one attached hydrogen (secondary N) is 1. The number of rotatable bonds is 11. The topological polar surface area (TPSA) is 49.4 Å². The number of amides is 2. The molecular weight excluding hydrogens is 324 g/mol. The van der Waals surface area contributed by atoms with E-state index >= 15 is 0 Å². The fourth-order valence-corrected chi connectivity index (χ4v) is 2.67. The molecule has 1 aromatic carbocycles. The molecular formula is C19H29ClN2O2. The van der Waals surface area contributed by atoms with Gasteiger partial charge in [0.05, 0.1) is 0 Å². The zero-order valence-electron chi connectivity index (χ0n) is 14.8. The van der Waals surface area contributed by atoms with Gasteiger partial charge in [-0.15, -0.1) is 0 Å². The smallest absolute Gasteiger partial charge is 0.222 e. The lowest BCUT2D eigenvalue weighted by atomic mass is 10.1. The summed E-state index contributed by atoms with van der Waals surface area (Å²) in [5, 5.41) is 3.62. The Morgan fingerprint density at radius 1 is 1.04 bits per heavy atom. The van der Waals surface area contributed by atoms with Crippen molar-refractivity contribution in [3.05, 3.63) is 34.9 Å². The van der Waals surface area contributed by atoms with Gasteiger partial charge in [-0.25, -0.2) is 0 Å². The van der Waals surface area contributed by atoms with Crippen molar-refractivity contribution < 1.29 is 9.59 Å². The highest BCUT2D eigenvalue weighted by Crippen LogP contribution is 2.09. The van der Waals surface area contributed by atoms with Gasteiger partial charge in [-0.3, -0.25) is 9.59 Å². The van der Waals surface area contributed by atoms with Gasteiger partial charge in [-0.05, 0) is 43.4 Å². The van der Waals surface area contributed by atoms with Crippen LogP contribution in [0, 0.1) is 0 Å². The highest BCUT2D eigenvalue weighted by molar-refractivity contribution is 6.30. The third-order valence-corrected chi connectivity index (χ3v) is 4.04. The molecule has 0 saturated carbocycles. The molecule has 134 valence electrons. The van der Waals surface area contributed by atoms with Crippen molar-refractivity contribution in [3.63, 3.8) is 0 Å². The molecule has 0 atom stereocenters. The Morgan fingerprint density at radius 2 is 1.67 bits per heavy atom. The number of nitrogens with zero attached hydrogens (tertiary/aromatic N) is 1. The van der Waals surface area contributed by atoms with Crippen LogP contribution in [0.4, 0.5) is 0 Å². The van der Waals surface area contributed by atoms with Gasteiger partial charge >= 0.3 is 0 Å². The maximum absolute atomic E-state index is 12.1. The molecule has 0 heterocycles. The zero-order valence-corrected chi connectivity index (χ0v) is 15.6. The minimum Gasteiger partial charge on any atom is -0.356 e. The second-order valence-corrected chi connectivity index (χ2v) is 6.40. The van der Waals surface area contributed by atoms with Crippen molar-refractivity contribution in [1.82, 2.24) is 10.2 Å². The second kappa shape index (κ2) is 11.9. The van der Waals surface area contributed by atoms with Gasteiger partial charge in [0, 0.05) is 37.5 Å². The summed E-state index contributed by atoms with van der Waals surface area (Å²) in [6, 6.07) is 7.62. The average molecular weight is 353 g/mol. The normalized spacial score (nSPS) is 10.5. The van der Waals surface area contributed by atoms with E-state index in [0.29, 0.717) is 30.8 Å². The van der Waals surface area contributed by atoms with Crippen LogP contribution in [-0.4, -0.2) is 36.3 Å². The Bertz CT molecular complexity index is 497. The van der Waals surface area contributed by atoms with Crippen LogP contribution in [0.3, 0.4) is 0 Å². The lowest BCUT2D eigenvalue weighted by molar-refractivity contribution is -0.131. The minimum absolute atomic E-state index is 0.00861. The molecule has 1 rings (SSSR count). The molecule has 2 amide bonds. The van der Waals surface area contributed by atoms with E-state index in [2.05, 4.69) is 19.2 Å². The van der Waals surface area contributed by atoms with Gasteiger partial charge in [-0.1, -0.05) is 37.6 Å². The highest BCUT2D eigenvalue weighted by atomic mass is 35.5. The zero-order chi connectivity index (χ0) is 17.8. The number of halogens is 1. The van der Waals surface area contributed by atoms with Crippen molar-refractivity contribution in [2.45, 2.75) is 52.4 Å². The van der Waals surface area contributed by atoms with Crippen LogP contribution in [0.5, 0.6) is 0 Å². The number of hydrogen-bond acceptors (Lipinski definition) is 2. The molecule has 1 aromatic rings. The van der Waals surface area contributed by atoms with Gasteiger partial charge in [0.2, 0.25) is 11.8 Å². The van der Waals surface area contributed by atoms with Crippen molar-refractivity contribution in [2.75, 3.05) is 19.6 Å². The maximum Gasteiger partial charge on any atom is 0.222 e. The van der Waals surface area contributed by atoms with Crippen LogP contribution < -0.4 is 5.32 Å². The fraction of sp³-hybridized carbons (Fsp3) is 0.579. The number of benzene rings is 1. The summed E-state index contributed by atoms with van der Waals surface area (Å²) in [5.41, 5.74) is 1.14. The molecule has 0 aliphatic rings. The van der Waals surface area contributed by atoms with Crippen LogP contribution in [0.2, 0.25) is 5.02 Å². The predicted octanol–water partition coefficient (Wildman–Crippen LogP) is 3.82. The molecule has 0 aromatic heterocycles. The summed E-state index contributed by atoms with van der Waals surface area (Å²) in [6.07, 6.45) is 4.18. The molecule has 0 fully saturated rings. The lowest BCUT2D eigenvalue weighted by Crippen LogP contribution is -2.32. The number of carbonyl (C=O) groups excluding carboxylic acids is 2. The van der Waals surface area contributed by atoms with Gasteiger partial charge in [0.25, 0.3) is 0 Å². The standard InChI is InChI=1S/C19H29ClN2O2/c1-3-14-22(15-4-2)19(24)7-5-6-18(23)21-13-12-16-8-10-17(20)11-9-16/h8-11H,3-7,12-15H2,1-2H3,(H,21,23). The minimum atomic E-state index is 0.00861. The summed E-state index contributed by atoms with van der Waals surface area (Å²) >= 11 is 5.84. The summed E-state index contributed by atoms with van der Waals surface area (Å²) in [5.74, 6) is 0.168. The second-order valence-electron chi connectivity index (χ2n) is 5.96. The van der Waals surface area contributed by atoms with E-state index in [4.69, 9.17) is 11.6 Å². The van der Waals surface area contributed by atoms with Gasteiger partial charge < -0.3 is 10.2 Å². The Hall–Kier alpha value is -1.55. The third kappa shape index (κ3) is 8.34. The molecule has 5 heteroatoms. The van der Waals surface area contributed by atoms with Crippen molar-refractivity contribution in [2.24, 2.45) is 0 Å². The monoisotopic (exact) mass is 352 g/mol. The molecule has 0 radical (unpaired) electrons. The van der Waals surface area contributed by atoms with Crippen LogP contribution in [0.1, 0.15) is 51.5 Å². The largest absolute Gasteiger partial charge is 0.356 e. The first kappa shape index (κ1) is 20.5. The quantitative estimate of drug-likeness (QED) is 0.658. The number of carbonyl (C=O) groups is 2. The van der Waals surface area contributed by atoms with E-state index in [1.54, 1.807) is 0 Å². The van der Waals surface area contributed by atoms with Crippen molar-refractivity contribution >= 4 is 23.4 Å². The van der Waals surface area contributed by atoms with Crippen LogP contribution >= 0.6 is 11.6 Å². The molecule has 1 N–H and O–H groups in total. The van der Waals surface area contributed by atoms with Crippen LogP contribution in [0.15, 0.2) is 24.3 Å². The van der Waals surface area contributed by atoms with E-state index < -0.39 is 0 Å². The summed E-state index contributed by atoms with van der Waals surface area (Å²) in [7, 11) is 0. The first-order valence-corrected chi connectivity index (χ1v) is 9.23. The molecule has 4 nitrogen and oxygen atoms in total. The number of hydrogen-bond donors (Lipinski definition) is 1. The Balaban J connectivity index is 2.18. The van der Waals surface area contributed by atoms with Crippen LogP contribution in [-0.2, 0) is 16.0 Å². The maximum atomic E-state index is 12.1. The average Bonchev–Trinajstić information content (AvgIpc) is 2.56. The fourth-order valence-electron chi connectivity index (χ4n) is 2.55. The van der Waals surface area contributed by atoms with Crippen molar-refractivity contribution in [3.8, 4) is 0 Å². The van der Waals surface area contributed by atoms with E-state index in [0.717, 1.165) is 37.9 Å². The van der Waals surface area contributed by atoms with E-state index in [-0.39, 0.29) is 11.8 Å². The lowest BCUT2D eigenvalue weighted by Gasteiger charge is -2.21. The summed E-state index contributed by atoms with van der Waals surface area (Å²) in [6.45, 7) is 6.36. The molecule has 0 aliphatic carbocycles. The van der Waals surface area contributed by atoms with Crippen molar-refractivity contribution in [1.29, 1.82) is 0 Å². The van der Waals surface area contributed by atoms with E-state index in [1.165, 1.54) is 0 Å². The van der Waals surface area contributed by atoms with E-state index in [1.807, 2.05) is 29.2 Å². The predicted molar refractivity (Wildman–Crippen MR) is 99.2 cm³/mol. The Morgan fingerprint density at radius 3 is 2.25 bits per heavy atom. The van der Waals surface area contributed by atoms with Gasteiger partial charge in [0.15, 0.2) is 0 Å². The van der Waals surface area contributed by atoms with E-state index in [9.17, 15) is 9.59 Å². The third-order valence-electron chi connectivity index (χ3n) is 3.78. The summed E-state index contributed by atoms with van der Waals surface area (Å²) in [4.78, 5) is 25.8. The highest BCUT2D eigenvalue weighted by Gasteiger charge is 2.12. The Kier molecular flexibility index (Phi) is 10.2. The summed E-state index contributed by atoms with van der Waals surface area (Å²) < 4.78 is 0. The molecule has 0 spiro atoms. The molecule has 24 heavy (non-hydrogen) atoms. The first-order chi connectivity index (χ1) is 11.6. The molecule has 0 bridgehead atoms. The molecule has 0 unspecified atom stereocenters. The molecule has 0 aliphatic heterocycles. The van der Waals surface area contributed by atoms with Gasteiger partial charge in [-0.2, -0.15) is 0 Å².